The molecule has 0 bridgehead atoms. The molecule has 0 rings (SSSR count). The van der Waals surface area contributed by atoms with Crippen molar-refractivity contribution in [2.24, 2.45) is 5.73 Å². The Hall–Kier alpha value is -1.36. The number of carboxylic acid groups (broad SMARTS) is 2. The molecule has 0 radical (unpaired) electrons. The van der Waals surface area contributed by atoms with Crippen LogP contribution in [-0.2, 0) is 9.59 Å². The third kappa shape index (κ3) is 5.10. The van der Waals surface area contributed by atoms with E-state index in [-0.39, 0.29) is 6.42 Å². The molecule has 5 heteroatoms. The van der Waals surface area contributed by atoms with Gasteiger partial charge in [-0.15, -0.1) is 0 Å². The Kier molecular flexibility index (Phi) is 3.90. The molecule has 0 heterocycles. The number of carbonyl (C=O) groups is 2. The molecular weight excluding hydrogens is 150 g/mol. The monoisotopic (exact) mass is 159 g/mol. The summed E-state index contributed by atoms with van der Waals surface area (Å²) in [5.41, 5.74) is 5.06. The van der Waals surface area contributed by atoms with Crippen LogP contribution in [0.3, 0.4) is 0 Å². The molecule has 1 unspecified atom stereocenters. The van der Waals surface area contributed by atoms with Gasteiger partial charge in [0.1, 0.15) is 6.04 Å². The quantitative estimate of drug-likeness (QED) is 0.477. The summed E-state index contributed by atoms with van der Waals surface area (Å²) in [7, 11) is 0. The first-order valence-corrected chi connectivity index (χ1v) is 2.92. The summed E-state index contributed by atoms with van der Waals surface area (Å²) in [6.45, 7) is 0. The standard InChI is InChI=1S/C6H9NO4/c7-4(6(10)11)2-1-3-5(8)9/h1,3-4H,2,7H2,(H,8,9)(H,10,11). The van der Waals surface area contributed by atoms with Crippen molar-refractivity contribution in [1.29, 1.82) is 0 Å². The van der Waals surface area contributed by atoms with Gasteiger partial charge in [-0.05, 0) is 6.42 Å². The molecule has 4 N–H and O–H groups in total. The van der Waals surface area contributed by atoms with Crippen LogP contribution in [0.1, 0.15) is 6.42 Å². The zero-order valence-electron chi connectivity index (χ0n) is 5.73. The molecule has 5 nitrogen and oxygen atoms in total. The van der Waals surface area contributed by atoms with Crippen LogP contribution in [0.25, 0.3) is 0 Å². The summed E-state index contributed by atoms with van der Waals surface area (Å²) in [5, 5.41) is 16.3. The van der Waals surface area contributed by atoms with Crippen LogP contribution in [-0.4, -0.2) is 28.2 Å². The summed E-state index contributed by atoms with van der Waals surface area (Å²) in [6.07, 6.45) is 2.10. The molecule has 0 aliphatic rings. The summed E-state index contributed by atoms with van der Waals surface area (Å²) in [5.74, 6) is -2.25. The molecule has 0 aromatic carbocycles. The van der Waals surface area contributed by atoms with E-state index in [2.05, 4.69) is 0 Å². The van der Waals surface area contributed by atoms with Crippen LogP contribution < -0.4 is 5.73 Å². The lowest BCUT2D eigenvalue weighted by Crippen LogP contribution is -2.29. The predicted molar refractivity (Wildman–Crippen MR) is 37.0 cm³/mol. The molecule has 0 aliphatic carbocycles. The fourth-order valence-corrected chi connectivity index (χ4v) is 0.416. The van der Waals surface area contributed by atoms with E-state index in [4.69, 9.17) is 15.9 Å². The highest BCUT2D eigenvalue weighted by molar-refractivity contribution is 5.80. The number of carboxylic acids is 2. The third-order valence-electron chi connectivity index (χ3n) is 0.968. The van der Waals surface area contributed by atoms with Crippen molar-refractivity contribution < 1.29 is 19.8 Å². The maximum absolute atomic E-state index is 10.1. The Morgan fingerprint density at radius 2 is 2.00 bits per heavy atom. The van der Waals surface area contributed by atoms with Gasteiger partial charge in [-0.1, -0.05) is 6.08 Å². The third-order valence-corrected chi connectivity index (χ3v) is 0.968. The molecule has 0 saturated heterocycles. The summed E-state index contributed by atoms with van der Waals surface area (Å²) < 4.78 is 0. The van der Waals surface area contributed by atoms with Crippen molar-refractivity contribution >= 4 is 11.9 Å². The largest absolute Gasteiger partial charge is 0.480 e. The van der Waals surface area contributed by atoms with E-state index < -0.39 is 18.0 Å². The lowest BCUT2D eigenvalue weighted by atomic mass is 10.2. The molecule has 0 aromatic heterocycles. The van der Waals surface area contributed by atoms with Gasteiger partial charge in [0, 0.05) is 6.08 Å². The van der Waals surface area contributed by atoms with Crippen LogP contribution in [0, 0.1) is 0 Å². The van der Waals surface area contributed by atoms with Crippen LogP contribution in [0.4, 0.5) is 0 Å². The van der Waals surface area contributed by atoms with E-state index in [1.807, 2.05) is 0 Å². The predicted octanol–water partition coefficient (Wildman–Crippen LogP) is -0.571. The van der Waals surface area contributed by atoms with Crippen molar-refractivity contribution in [3.05, 3.63) is 12.2 Å². The summed E-state index contributed by atoms with van der Waals surface area (Å²) in [6, 6.07) is -1.02. The average molecular weight is 159 g/mol. The number of hydrogen-bond acceptors (Lipinski definition) is 3. The highest BCUT2D eigenvalue weighted by Crippen LogP contribution is 1.89. The minimum Gasteiger partial charge on any atom is -0.480 e. The first kappa shape index (κ1) is 9.64. The maximum Gasteiger partial charge on any atom is 0.327 e. The van der Waals surface area contributed by atoms with E-state index in [9.17, 15) is 9.59 Å². The highest BCUT2D eigenvalue weighted by Gasteiger charge is 2.07. The Bertz CT molecular complexity index is 187. The van der Waals surface area contributed by atoms with Gasteiger partial charge in [0.2, 0.25) is 0 Å². The van der Waals surface area contributed by atoms with Crippen molar-refractivity contribution in [2.75, 3.05) is 0 Å². The van der Waals surface area contributed by atoms with E-state index in [0.717, 1.165) is 6.08 Å². The van der Waals surface area contributed by atoms with Crippen molar-refractivity contribution in [1.82, 2.24) is 0 Å². The van der Waals surface area contributed by atoms with Gasteiger partial charge in [0.05, 0.1) is 0 Å². The minimum absolute atomic E-state index is 0.0294. The minimum atomic E-state index is -1.14. The van der Waals surface area contributed by atoms with E-state index >= 15 is 0 Å². The van der Waals surface area contributed by atoms with Crippen LogP contribution in [0.2, 0.25) is 0 Å². The first-order valence-electron chi connectivity index (χ1n) is 2.92. The van der Waals surface area contributed by atoms with Crippen LogP contribution >= 0.6 is 0 Å². The van der Waals surface area contributed by atoms with Gasteiger partial charge in [-0.25, -0.2) is 4.79 Å². The van der Waals surface area contributed by atoms with Gasteiger partial charge in [0.25, 0.3) is 0 Å². The van der Waals surface area contributed by atoms with Gasteiger partial charge in [-0.2, -0.15) is 0 Å². The van der Waals surface area contributed by atoms with Gasteiger partial charge in [-0.3, -0.25) is 4.79 Å². The summed E-state index contributed by atoms with van der Waals surface area (Å²) >= 11 is 0. The van der Waals surface area contributed by atoms with Crippen LogP contribution in [0.5, 0.6) is 0 Å². The first-order chi connectivity index (χ1) is 5.04. The molecule has 0 aromatic rings. The summed E-state index contributed by atoms with van der Waals surface area (Å²) in [4.78, 5) is 19.9. The molecule has 0 aliphatic heterocycles. The van der Waals surface area contributed by atoms with Crippen molar-refractivity contribution in [3.8, 4) is 0 Å². The van der Waals surface area contributed by atoms with E-state index in [1.165, 1.54) is 6.08 Å². The Morgan fingerprint density at radius 1 is 1.45 bits per heavy atom. The Labute approximate surface area is 63.1 Å². The molecule has 0 saturated carbocycles. The number of nitrogens with two attached hydrogens (primary N) is 1. The second kappa shape index (κ2) is 4.45. The topological polar surface area (TPSA) is 101 Å². The number of rotatable bonds is 4. The van der Waals surface area contributed by atoms with E-state index in [1.54, 1.807) is 0 Å². The second-order valence-corrected chi connectivity index (χ2v) is 1.92. The highest BCUT2D eigenvalue weighted by atomic mass is 16.4. The molecule has 1 atom stereocenters. The van der Waals surface area contributed by atoms with E-state index in [0.29, 0.717) is 0 Å². The average Bonchev–Trinajstić information content (AvgIpc) is 1.86. The molecular formula is C6H9NO4. The second-order valence-electron chi connectivity index (χ2n) is 1.92. The molecule has 0 spiro atoms. The van der Waals surface area contributed by atoms with Gasteiger partial charge < -0.3 is 15.9 Å². The molecule has 0 fully saturated rings. The number of hydrogen-bond donors (Lipinski definition) is 3. The fourth-order valence-electron chi connectivity index (χ4n) is 0.416. The normalized spacial score (nSPS) is 13.2. The smallest absolute Gasteiger partial charge is 0.327 e. The van der Waals surface area contributed by atoms with Crippen LogP contribution in [0.15, 0.2) is 12.2 Å². The zero-order chi connectivity index (χ0) is 8.85. The van der Waals surface area contributed by atoms with Gasteiger partial charge >= 0.3 is 11.9 Å². The lowest BCUT2D eigenvalue weighted by Gasteiger charge is -1.99. The molecule has 0 amide bonds. The zero-order valence-corrected chi connectivity index (χ0v) is 5.73. The molecule has 11 heavy (non-hydrogen) atoms. The van der Waals surface area contributed by atoms with Gasteiger partial charge in [0.15, 0.2) is 0 Å². The number of aliphatic carboxylic acids is 2. The maximum atomic E-state index is 10.1. The SMILES string of the molecule is NC(CC=CC(=O)O)C(=O)O. The fraction of sp³-hybridized carbons (Fsp3) is 0.333. The Morgan fingerprint density at radius 3 is 2.36 bits per heavy atom. The Balaban J connectivity index is 3.70. The van der Waals surface area contributed by atoms with Crippen molar-refractivity contribution in [2.45, 2.75) is 12.5 Å². The van der Waals surface area contributed by atoms with Crippen molar-refractivity contribution in [3.63, 3.8) is 0 Å². The lowest BCUT2D eigenvalue weighted by molar-refractivity contribution is -0.138. The molecule has 62 valence electrons.